The molecular formula is C34H41BrO4Si. The molecule has 3 rings (SSSR count). The number of aromatic hydroxyl groups is 1. The van der Waals surface area contributed by atoms with Gasteiger partial charge in [-0.1, -0.05) is 122 Å². The van der Waals surface area contributed by atoms with E-state index in [1.54, 1.807) is 18.2 Å². The van der Waals surface area contributed by atoms with Crippen LogP contribution < -0.4 is 10.4 Å². The Hall–Kier alpha value is -2.74. The summed E-state index contributed by atoms with van der Waals surface area (Å²) in [6.07, 6.45) is 3.78. The molecule has 0 aliphatic rings. The molecule has 0 heterocycles. The molecule has 40 heavy (non-hydrogen) atoms. The smallest absolute Gasteiger partial charge is 0.261 e. The fourth-order valence-corrected chi connectivity index (χ4v) is 10.1. The first-order valence-electron chi connectivity index (χ1n) is 13.6. The van der Waals surface area contributed by atoms with E-state index < -0.39 is 14.4 Å². The molecule has 0 spiro atoms. The SMILES string of the molecule is C=C(CO[Si](c1ccccc1)(c1ccccc1)C(C)(C)C)/C(=C/CO)C(O)CC/C(C)=C/c1cc(Br)ccc1O. The number of benzene rings is 3. The van der Waals surface area contributed by atoms with E-state index in [9.17, 15) is 15.3 Å². The van der Waals surface area contributed by atoms with Crippen molar-refractivity contribution < 1.29 is 19.7 Å². The maximum absolute atomic E-state index is 11.2. The second-order valence-corrected chi connectivity index (χ2v) is 16.4. The standard InChI is InChI=1S/C34H41BrO4Si/c1-25(22-27-23-28(35)17-19-32(27)37)16-18-33(38)31(20-21-36)26(2)24-39-40(34(3,4)5,29-12-8-6-9-13-29)30-14-10-7-11-15-30/h6-15,17,19-20,22-23,33,36-38H,2,16,18,21,24H2,1,3-5H3/b25-22+,31-20-. The third-order valence-corrected chi connectivity index (χ3v) is 12.6. The number of phenols is 1. The Bertz CT molecular complexity index is 1290. The summed E-state index contributed by atoms with van der Waals surface area (Å²) in [5, 5.41) is 33.3. The highest BCUT2D eigenvalue weighted by Gasteiger charge is 2.50. The molecular weight excluding hydrogens is 580 g/mol. The first-order valence-corrected chi connectivity index (χ1v) is 16.3. The third-order valence-electron chi connectivity index (χ3n) is 7.16. The lowest BCUT2D eigenvalue weighted by atomic mass is 9.96. The molecule has 0 saturated carbocycles. The lowest BCUT2D eigenvalue weighted by Gasteiger charge is -2.43. The van der Waals surface area contributed by atoms with Crippen molar-refractivity contribution in [3.8, 4) is 5.75 Å². The Morgan fingerprint density at radius 1 is 1.00 bits per heavy atom. The summed E-state index contributed by atoms with van der Waals surface area (Å²) in [6, 6.07) is 26.1. The molecule has 1 unspecified atom stereocenters. The number of phenolic OH excluding ortho intramolecular Hbond substituents is 1. The zero-order chi connectivity index (χ0) is 29.3. The van der Waals surface area contributed by atoms with Crippen molar-refractivity contribution in [3.05, 3.63) is 118 Å². The highest BCUT2D eigenvalue weighted by Crippen LogP contribution is 2.37. The number of hydrogen-bond acceptors (Lipinski definition) is 4. The molecule has 0 bridgehead atoms. The van der Waals surface area contributed by atoms with Gasteiger partial charge in [0, 0.05) is 10.0 Å². The lowest BCUT2D eigenvalue weighted by Crippen LogP contribution is -2.66. The van der Waals surface area contributed by atoms with E-state index in [1.165, 1.54) is 10.4 Å². The summed E-state index contributed by atoms with van der Waals surface area (Å²) in [5.74, 6) is 0.206. The Morgan fingerprint density at radius 2 is 1.57 bits per heavy atom. The Kier molecular flexibility index (Phi) is 11.3. The quantitative estimate of drug-likeness (QED) is 0.155. The van der Waals surface area contributed by atoms with Gasteiger partial charge in [-0.05, 0) is 64.5 Å². The zero-order valence-electron chi connectivity index (χ0n) is 23.9. The summed E-state index contributed by atoms with van der Waals surface area (Å²) in [7, 11) is -2.77. The van der Waals surface area contributed by atoms with Crippen LogP contribution in [0.4, 0.5) is 0 Å². The number of hydrogen-bond donors (Lipinski definition) is 3. The van der Waals surface area contributed by atoms with Gasteiger partial charge < -0.3 is 19.7 Å². The Balaban J connectivity index is 1.82. The summed E-state index contributed by atoms with van der Waals surface area (Å²) >= 11 is 3.44. The summed E-state index contributed by atoms with van der Waals surface area (Å²) in [6.45, 7) is 13.0. The van der Waals surface area contributed by atoms with E-state index in [2.05, 4.69) is 91.8 Å². The molecule has 0 aliphatic carbocycles. The molecule has 3 N–H and O–H groups in total. The van der Waals surface area contributed by atoms with Crippen molar-refractivity contribution in [2.45, 2.75) is 51.7 Å². The van der Waals surface area contributed by atoms with E-state index in [-0.39, 0.29) is 24.0 Å². The second kappa shape index (κ2) is 14.2. The highest BCUT2D eigenvalue weighted by atomic mass is 79.9. The van der Waals surface area contributed by atoms with Gasteiger partial charge in [-0.3, -0.25) is 0 Å². The lowest BCUT2D eigenvalue weighted by molar-refractivity contribution is 0.198. The number of allylic oxidation sites excluding steroid dienone is 1. The molecule has 0 saturated heterocycles. The minimum absolute atomic E-state index is 0.185. The van der Waals surface area contributed by atoms with Crippen LogP contribution in [0.5, 0.6) is 5.75 Å². The summed E-state index contributed by atoms with van der Waals surface area (Å²) in [4.78, 5) is 0. The van der Waals surface area contributed by atoms with Gasteiger partial charge in [0.15, 0.2) is 0 Å². The number of rotatable bonds is 12. The van der Waals surface area contributed by atoms with E-state index in [0.29, 0.717) is 24.0 Å². The van der Waals surface area contributed by atoms with Crippen molar-refractivity contribution >= 4 is 40.7 Å². The van der Waals surface area contributed by atoms with Crippen molar-refractivity contribution in [1.82, 2.24) is 0 Å². The van der Waals surface area contributed by atoms with Gasteiger partial charge in [0.25, 0.3) is 8.32 Å². The average molecular weight is 622 g/mol. The molecule has 1 atom stereocenters. The minimum atomic E-state index is -2.77. The van der Waals surface area contributed by atoms with E-state index >= 15 is 0 Å². The van der Waals surface area contributed by atoms with Crippen LogP contribution in [0, 0.1) is 0 Å². The topological polar surface area (TPSA) is 69.9 Å². The maximum Gasteiger partial charge on any atom is 0.261 e. The van der Waals surface area contributed by atoms with Gasteiger partial charge in [0.2, 0.25) is 0 Å². The van der Waals surface area contributed by atoms with Gasteiger partial charge in [-0.25, -0.2) is 0 Å². The van der Waals surface area contributed by atoms with Crippen molar-refractivity contribution in [2.75, 3.05) is 13.2 Å². The van der Waals surface area contributed by atoms with Gasteiger partial charge in [0.1, 0.15) is 5.75 Å². The summed E-state index contributed by atoms with van der Waals surface area (Å²) < 4.78 is 7.88. The largest absolute Gasteiger partial charge is 0.507 e. The van der Waals surface area contributed by atoms with Gasteiger partial charge in [-0.15, -0.1) is 0 Å². The van der Waals surface area contributed by atoms with E-state index in [1.807, 2.05) is 31.2 Å². The van der Waals surface area contributed by atoms with E-state index in [4.69, 9.17) is 4.43 Å². The molecule has 0 radical (unpaired) electrons. The average Bonchev–Trinajstić information content (AvgIpc) is 2.93. The van der Waals surface area contributed by atoms with Gasteiger partial charge >= 0.3 is 0 Å². The fraction of sp³-hybridized carbons (Fsp3) is 0.294. The van der Waals surface area contributed by atoms with Gasteiger partial charge in [0.05, 0.1) is 19.3 Å². The first kappa shape index (κ1) is 31.8. The molecule has 0 aromatic heterocycles. The molecule has 3 aromatic rings. The van der Waals surface area contributed by atoms with Crippen LogP contribution in [0.1, 0.15) is 46.1 Å². The van der Waals surface area contributed by atoms with Crippen LogP contribution in [0.2, 0.25) is 5.04 Å². The number of aliphatic hydroxyl groups excluding tert-OH is 2. The summed E-state index contributed by atoms with van der Waals surface area (Å²) in [5.41, 5.74) is 2.99. The van der Waals surface area contributed by atoms with Crippen molar-refractivity contribution in [1.29, 1.82) is 0 Å². The fourth-order valence-electron chi connectivity index (χ4n) is 5.15. The molecule has 4 nitrogen and oxygen atoms in total. The molecule has 212 valence electrons. The van der Waals surface area contributed by atoms with E-state index in [0.717, 1.165) is 15.6 Å². The van der Waals surface area contributed by atoms with Crippen LogP contribution in [0.25, 0.3) is 6.08 Å². The minimum Gasteiger partial charge on any atom is -0.507 e. The predicted molar refractivity (Wildman–Crippen MR) is 173 cm³/mol. The van der Waals surface area contributed by atoms with Crippen LogP contribution >= 0.6 is 15.9 Å². The van der Waals surface area contributed by atoms with Crippen molar-refractivity contribution in [2.24, 2.45) is 0 Å². The van der Waals surface area contributed by atoms with Crippen LogP contribution in [-0.4, -0.2) is 43.0 Å². The number of halogens is 1. The van der Waals surface area contributed by atoms with Crippen LogP contribution in [-0.2, 0) is 4.43 Å². The zero-order valence-corrected chi connectivity index (χ0v) is 26.5. The normalized spacial score (nSPS) is 13.8. The molecule has 0 fully saturated rings. The molecule has 0 aliphatic heterocycles. The molecule has 0 amide bonds. The monoisotopic (exact) mass is 620 g/mol. The maximum atomic E-state index is 11.2. The Morgan fingerprint density at radius 3 is 2.10 bits per heavy atom. The Labute approximate surface area is 248 Å². The number of aliphatic hydroxyl groups is 2. The predicted octanol–water partition coefficient (Wildman–Crippen LogP) is 6.75. The second-order valence-electron chi connectivity index (χ2n) is 11.1. The van der Waals surface area contributed by atoms with Gasteiger partial charge in [-0.2, -0.15) is 0 Å². The van der Waals surface area contributed by atoms with Crippen LogP contribution in [0.3, 0.4) is 0 Å². The molecule has 6 heteroatoms. The first-order chi connectivity index (χ1) is 19.0. The van der Waals surface area contributed by atoms with Crippen molar-refractivity contribution in [3.63, 3.8) is 0 Å². The third kappa shape index (κ3) is 7.71. The van der Waals surface area contributed by atoms with Crippen LogP contribution in [0.15, 0.2) is 113 Å². The molecule has 3 aromatic carbocycles. The highest BCUT2D eigenvalue weighted by molar-refractivity contribution is 9.10.